The number of nitro groups is 1. The molecule has 7 nitrogen and oxygen atoms in total. The van der Waals surface area contributed by atoms with Crippen LogP contribution < -0.4 is 9.47 Å². The Morgan fingerprint density at radius 1 is 1.20 bits per heavy atom. The lowest BCUT2D eigenvalue weighted by Gasteiger charge is -2.22. The highest BCUT2D eigenvalue weighted by atomic mass is 16.6. The van der Waals surface area contributed by atoms with Crippen LogP contribution in [0.2, 0.25) is 0 Å². The molecular formula is C18H29NO6. The lowest BCUT2D eigenvalue weighted by molar-refractivity contribution is -0.385. The zero-order valence-corrected chi connectivity index (χ0v) is 16.1. The van der Waals surface area contributed by atoms with Gasteiger partial charge in [-0.25, -0.2) is 0 Å². The lowest BCUT2D eigenvalue weighted by Crippen LogP contribution is -2.28. The number of esters is 1. The van der Waals surface area contributed by atoms with Crippen LogP contribution in [0.3, 0.4) is 0 Å². The van der Waals surface area contributed by atoms with Gasteiger partial charge in [-0.15, -0.1) is 0 Å². The van der Waals surface area contributed by atoms with Crippen molar-refractivity contribution < 1.29 is 23.9 Å². The smallest absolute Gasteiger partial charge is 0.309 e. The molecule has 0 saturated heterocycles. The second-order valence-corrected chi connectivity index (χ2v) is 6.20. The van der Waals surface area contributed by atoms with Crippen molar-refractivity contribution in [2.45, 2.75) is 53.6 Å². The van der Waals surface area contributed by atoms with Gasteiger partial charge >= 0.3 is 5.97 Å². The van der Waals surface area contributed by atoms with E-state index in [-0.39, 0.29) is 24.2 Å². The van der Waals surface area contributed by atoms with Gasteiger partial charge in [0.05, 0.1) is 36.7 Å². The quantitative estimate of drug-likeness (QED) is 0.410. The number of carbonyl (C=O) groups excluding carboxylic acids is 1. The molecule has 1 atom stereocenters. The van der Waals surface area contributed by atoms with Gasteiger partial charge in [0.2, 0.25) is 0 Å². The number of carbonyl (C=O) groups is 1. The summed E-state index contributed by atoms with van der Waals surface area (Å²) in [6.07, 6.45) is 0.444. The Kier molecular flexibility index (Phi) is 9.56. The van der Waals surface area contributed by atoms with Crippen LogP contribution in [0.4, 0.5) is 5.69 Å². The van der Waals surface area contributed by atoms with Gasteiger partial charge in [0, 0.05) is 6.07 Å². The average molecular weight is 355 g/mol. The average Bonchev–Trinajstić information content (AvgIpc) is 2.54. The van der Waals surface area contributed by atoms with Crippen molar-refractivity contribution in [1.29, 1.82) is 0 Å². The third-order valence-electron chi connectivity index (χ3n) is 2.94. The number of hydrogen-bond donors (Lipinski definition) is 0. The van der Waals surface area contributed by atoms with Gasteiger partial charge in [0.25, 0.3) is 5.69 Å². The second-order valence-electron chi connectivity index (χ2n) is 6.20. The number of methoxy groups -OCH3 is 1. The molecule has 1 aromatic carbocycles. The molecular weight excluding hydrogens is 326 g/mol. The van der Waals surface area contributed by atoms with Crippen molar-refractivity contribution >= 4 is 11.7 Å². The minimum absolute atomic E-state index is 0.112. The Labute approximate surface area is 149 Å². The first-order chi connectivity index (χ1) is 11.6. The first kappa shape index (κ1) is 22.7. The molecule has 1 unspecified atom stereocenters. The van der Waals surface area contributed by atoms with E-state index < -0.39 is 10.5 Å². The van der Waals surface area contributed by atoms with E-state index in [1.807, 2.05) is 34.6 Å². The summed E-state index contributed by atoms with van der Waals surface area (Å²) in [7, 11) is 1.42. The molecule has 0 saturated carbocycles. The minimum Gasteiger partial charge on any atom is -0.496 e. The molecule has 0 spiro atoms. The van der Waals surface area contributed by atoms with Crippen LogP contribution in [0.5, 0.6) is 11.5 Å². The van der Waals surface area contributed by atoms with Crippen LogP contribution in [-0.2, 0) is 9.53 Å². The predicted molar refractivity (Wildman–Crippen MR) is 96.1 cm³/mol. The standard InChI is InChI=1S/C16H23NO6.C2H6/c1-11(15(18)23-16(2,3)4)6-7-22-14-9-12(17(19)20)8-13(10-14)21-5;1-2/h8-11H,6-7H2,1-5H3;1-2H3. The van der Waals surface area contributed by atoms with E-state index in [4.69, 9.17) is 14.2 Å². The highest BCUT2D eigenvalue weighted by molar-refractivity contribution is 5.72. The third kappa shape index (κ3) is 8.93. The van der Waals surface area contributed by atoms with Gasteiger partial charge < -0.3 is 14.2 Å². The molecule has 1 aromatic rings. The maximum Gasteiger partial charge on any atom is 0.309 e. The fourth-order valence-corrected chi connectivity index (χ4v) is 1.74. The van der Waals surface area contributed by atoms with E-state index in [9.17, 15) is 14.9 Å². The molecule has 0 aliphatic rings. The Bertz CT molecular complexity index is 565. The summed E-state index contributed by atoms with van der Waals surface area (Å²) >= 11 is 0. The van der Waals surface area contributed by atoms with Crippen LogP contribution in [0.15, 0.2) is 18.2 Å². The molecule has 0 fully saturated rings. The number of hydrogen-bond acceptors (Lipinski definition) is 6. The molecule has 1 rings (SSSR count). The fourth-order valence-electron chi connectivity index (χ4n) is 1.74. The van der Waals surface area contributed by atoms with Gasteiger partial charge in [-0.2, -0.15) is 0 Å². The summed E-state index contributed by atoms with van der Waals surface area (Å²) in [5.74, 6) is 0.0503. The zero-order chi connectivity index (χ0) is 19.6. The zero-order valence-electron chi connectivity index (χ0n) is 16.1. The van der Waals surface area contributed by atoms with E-state index in [2.05, 4.69) is 0 Å². The summed E-state index contributed by atoms with van der Waals surface area (Å²) in [4.78, 5) is 22.2. The number of non-ortho nitro benzene ring substituents is 1. The third-order valence-corrected chi connectivity index (χ3v) is 2.94. The molecule has 7 heteroatoms. The van der Waals surface area contributed by atoms with E-state index in [1.54, 1.807) is 13.0 Å². The van der Waals surface area contributed by atoms with Gasteiger partial charge in [0.1, 0.15) is 17.1 Å². The van der Waals surface area contributed by atoms with E-state index in [1.165, 1.54) is 19.2 Å². The summed E-state index contributed by atoms with van der Waals surface area (Å²) < 4.78 is 15.8. The first-order valence-corrected chi connectivity index (χ1v) is 8.31. The second kappa shape index (κ2) is 10.5. The lowest BCUT2D eigenvalue weighted by atomic mass is 10.1. The number of benzene rings is 1. The van der Waals surface area contributed by atoms with E-state index in [0.717, 1.165) is 0 Å². The van der Waals surface area contributed by atoms with Crippen molar-refractivity contribution in [3.63, 3.8) is 0 Å². The maximum atomic E-state index is 11.9. The van der Waals surface area contributed by atoms with Gasteiger partial charge in [-0.3, -0.25) is 14.9 Å². The largest absolute Gasteiger partial charge is 0.496 e. The van der Waals surface area contributed by atoms with Crippen LogP contribution in [0.25, 0.3) is 0 Å². The molecule has 0 aliphatic carbocycles. The van der Waals surface area contributed by atoms with Gasteiger partial charge in [0.15, 0.2) is 0 Å². The van der Waals surface area contributed by atoms with Crippen molar-refractivity contribution in [3.05, 3.63) is 28.3 Å². The summed E-state index contributed by atoms with van der Waals surface area (Å²) in [6, 6.07) is 4.20. The van der Waals surface area contributed by atoms with Crippen LogP contribution in [-0.4, -0.2) is 30.2 Å². The molecule has 0 heterocycles. The Balaban J connectivity index is 0.00000277. The topological polar surface area (TPSA) is 87.9 Å². The molecule has 0 bridgehead atoms. The van der Waals surface area contributed by atoms with E-state index >= 15 is 0 Å². The van der Waals surface area contributed by atoms with Crippen LogP contribution >= 0.6 is 0 Å². The highest BCUT2D eigenvalue weighted by Gasteiger charge is 2.21. The molecule has 25 heavy (non-hydrogen) atoms. The molecule has 0 aliphatic heterocycles. The normalized spacial score (nSPS) is 11.6. The monoisotopic (exact) mass is 355 g/mol. The number of nitro benzene ring substituents is 1. The first-order valence-electron chi connectivity index (χ1n) is 8.31. The molecule has 0 amide bonds. The number of nitrogens with zero attached hydrogens (tertiary/aromatic N) is 1. The summed E-state index contributed by atoms with van der Waals surface area (Å²) in [5.41, 5.74) is -0.640. The number of ether oxygens (including phenoxy) is 3. The molecule has 0 N–H and O–H groups in total. The summed E-state index contributed by atoms with van der Waals surface area (Å²) in [6.45, 7) is 11.4. The van der Waals surface area contributed by atoms with Gasteiger partial charge in [-0.05, 0) is 27.2 Å². The maximum absolute atomic E-state index is 11.9. The Morgan fingerprint density at radius 2 is 1.76 bits per heavy atom. The minimum atomic E-state index is -0.528. The van der Waals surface area contributed by atoms with E-state index in [0.29, 0.717) is 17.9 Å². The predicted octanol–water partition coefficient (Wildman–Crippen LogP) is 4.38. The molecule has 142 valence electrons. The summed E-state index contributed by atoms with van der Waals surface area (Å²) in [5, 5.41) is 10.9. The van der Waals surface area contributed by atoms with Crippen molar-refractivity contribution in [3.8, 4) is 11.5 Å². The van der Waals surface area contributed by atoms with Crippen LogP contribution in [0.1, 0.15) is 48.0 Å². The van der Waals surface area contributed by atoms with Crippen molar-refractivity contribution in [2.75, 3.05) is 13.7 Å². The number of rotatable bonds is 7. The molecule has 0 radical (unpaired) electrons. The highest BCUT2D eigenvalue weighted by Crippen LogP contribution is 2.27. The Hall–Kier alpha value is -2.31. The van der Waals surface area contributed by atoms with Crippen molar-refractivity contribution in [2.24, 2.45) is 5.92 Å². The fraction of sp³-hybridized carbons (Fsp3) is 0.611. The molecule has 0 aromatic heterocycles. The van der Waals surface area contributed by atoms with Crippen molar-refractivity contribution in [1.82, 2.24) is 0 Å². The van der Waals surface area contributed by atoms with Gasteiger partial charge in [-0.1, -0.05) is 20.8 Å². The SMILES string of the molecule is CC.COc1cc(OCCC(C)C(=O)OC(C)(C)C)cc([N+](=O)[O-])c1. The Morgan fingerprint density at radius 3 is 2.24 bits per heavy atom. The van der Waals surface area contributed by atoms with Crippen LogP contribution in [0, 0.1) is 16.0 Å².